The summed E-state index contributed by atoms with van der Waals surface area (Å²) in [6, 6.07) is 15.6. The maximum atomic E-state index is 8.61. The van der Waals surface area contributed by atoms with Gasteiger partial charge in [-0.05, 0) is 42.2 Å². The van der Waals surface area contributed by atoms with Crippen LogP contribution in [0, 0.1) is 16.7 Å². The SMILES string of the molecule is N#Cc1ccc2nc(N)sc2c1.N=C1CCc2ccccc21. The molecule has 1 aliphatic carbocycles. The minimum Gasteiger partial charge on any atom is -0.375 e. The fourth-order valence-corrected chi connectivity index (χ4v) is 3.21. The minimum absolute atomic E-state index is 0.542. The van der Waals surface area contributed by atoms with Crippen LogP contribution in [0.3, 0.4) is 0 Å². The number of nitrogen functional groups attached to an aromatic ring is 1. The fourth-order valence-electron chi connectivity index (χ4n) is 2.44. The van der Waals surface area contributed by atoms with Gasteiger partial charge in [-0.2, -0.15) is 5.26 Å². The zero-order chi connectivity index (χ0) is 15.5. The molecule has 2 aromatic carbocycles. The molecule has 0 fully saturated rings. The Bertz CT molecular complexity index is 889. The number of nitriles is 1. The molecule has 1 aliphatic rings. The van der Waals surface area contributed by atoms with Crippen molar-refractivity contribution in [3.63, 3.8) is 0 Å². The molecule has 0 unspecified atom stereocenters. The van der Waals surface area contributed by atoms with Crippen molar-refractivity contribution in [3.05, 3.63) is 59.2 Å². The Hall–Kier alpha value is -2.71. The normalized spacial score (nSPS) is 12.4. The molecule has 108 valence electrons. The van der Waals surface area contributed by atoms with E-state index in [2.05, 4.69) is 17.1 Å². The standard InChI is InChI=1S/C9H9N.C8H5N3S/c10-9-6-5-7-3-1-2-4-8(7)9;9-4-5-1-2-6-7(3-5)12-8(10)11-6/h1-4,10H,5-6H2;1-3H,(H2,10,11). The van der Waals surface area contributed by atoms with Crippen LogP contribution in [0.25, 0.3) is 10.2 Å². The summed E-state index contributed by atoms with van der Waals surface area (Å²) in [7, 11) is 0. The van der Waals surface area contributed by atoms with Gasteiger partial charge in [0.1, 0.15) is 0 Å². The molecule has 0 aliphatic heterocycles. The first-order chi connectivity index (χ1) is 10.7. The van der Waals surface area contributed by atoms with Crippen LogP contribution in [0.5, 0.6) is 0 Å². The maximum Gasteiger partial charge on any atom is 0.181 e. The quantitative estimate of drug-likeness (QED) is 0.663. The number of thiazole rings is 1. The molecule has 1 aromatic heterocycles. The number of hydrogen-bond acceptors (Lipinski definition) is 5. The third kappa shape index (κ3) is 2.83. The molecule has 1 heterocycles. The second-order valence-electron chi connectivity index (χ2n) is 4.98. The molecule has 0 saturated heterocycles. The summed E-state index contributed by atoms with van der Waals surface area (Å²) in [6.07, 6.45) is 1.99. The molecule has 0 bridgehead atoms. The van der Waals surface area contributed by atoms with Gasteiger partial charge < -0.3 is 11.1 Å². The van der Waals surface area contributed by atoms with Crippen LogP contribution in [-0.4, -0.2) is 10.7 Å². The van der Waals surface area contributed by atoms with Crippen molar-refractivity contribution in [2.45, 2.75) is 12.8 Å². The van der Waals surface area contributed by atoms with Crippen LogP contribution >= 0.6 is 11.3 Å². The van der Waals surface area contributed by atoms with Crippen molar-refractivity contribution in [1.29, 1.82) is 10.7 Å². The van der Waals surface area contributed by atoms with E-state index in [1.807, 2.05) is 18.2 Å². The highest BCUT2D eigenvalue weighted by Crippen LogP contribution is 2.24. The van der Waals surface area contributed by atoms with Crippen molar-refractivity contribution in [2.75, 3.05) is 5.73 Å². The molecule has 4 nitrogen and oxygen atoms in total. The highest BCUT2D eigenvalue weighted by Gasteiger charge is 2.13. The van der Waals surface area contributed by atoms with Gasteiger partial charge in [-0.25, -0.2) is 4.98 Å². The van der Waals surface area contributed by atoms with Crippen molar-refractivity contribution >= 4 is 32.4 Å². The molecule has 5 heteroatoms. The molecule has 0 atom stereocenters. The van der Waals surface area contributed by atoms with Crippen LogP contribution in [0.15, 0.2) is 42.5 Å². The van der Waals surface area contributed by atoms with Gasteiger partial charge >= 0.3 is 0 Å². The molecule has 22 heavy (non-hydrogen) atoms. The summed E-state index contributed by atoms with van der Waals surface area (Å²) in [5.74, 6) is 0. The topological polar surface area (TPSA) is 86.6 Å². The van der Waals surface area contributed by atoms with E-state index in [4.69, 9.17) is 16.4 Å². The van der Waals surface area contributed by atoms with E-state index in [1.165, 1.54) is 16.9 Å². The number of aryl methyl sites for hydroxylation is 1. The zero-order valence-corrected chi connectivity index (χ0v) is 12.7. The first-order valence-electron chi connectivity index (χ1n) is 6.89. The van der Waals surface area contributed by atoms with Crippen LogP contribution in [0.2, 0.25) is 0 Å². The lowest BCUT2D eigenvalue weighted by Gasteiger charge is -1.94. The van der Waals surface area contributed by atoms with Gasteiger partial charge in [0.05, 0.1) is 21.8 Å². The first-order valence-corrected chi connectivity index (χ1v) is 7.71. The highest BCUT2D eigenvalue weighted by molar-refractivity contribution is 7.22. The van der Waals surface area contributed by atoms with Crippen LogP contribution < -0.4 is 5.73 Å². The number of nitrogens with zero attached hydrogens (tertiary/aromatic N) is 2. The molecule has 0 amide bonds. The lowest BCUT2D eigenvalue weighted by atomic mass is 10.1. The summed E-state index contributed by atoms with van der Waals surface area (Å²) in [4.78, 5) is 4.08. The van der Waals surface area contributed by atoms with Crippen molar-refractivity contribution in [3.8, 4) is 6.07 Å². The van der Waals surface area contributed by atoms with E-state index in [1.54, 1.807) is 18.2 Å². The number of hydrogen-bond donors (Lipinski definition) is 2. The zero-order valence-electron chi connectivity index (χ0n) is 11.8. The average Bonchev–Trinajstić information content (AvgIpc) is 3.10. The van der Waals surface area contributed by atoms with E-state index in [0.29, 0.717) is 10.7 Å². The minimum atomic E-state index is 0.542. The molecular weight excluding hydrogens is 292 g/mol. The molecule has 3 aromatic rings. The van der Waals surface area contributed by atoms with Crippen LogP contribution in [0.1, 0.15) is 23.1 Å². The smallest absolute Gasteiger partial charge is 0.181 e. The monoisotopic (exact) mass is 306 g/mol. The highest BCUT2D eigenvalue weighted by atomic mass is 32.1. The van der Waals surface area contributed by atoms with E-state index in [9.17, 15) is 0 Å². The lowest BCUT2D eigenvalue weighted by molar-refractivity contribution is 1.09. The second-order valence-corrected chi connectivity index (χ2v) is 6.04. The average molecular weight is 306 g/mol. The number of rotatable bonds is 0. The van der Waals surface area contributed by atoms with Gasteiger partial charge in [-0.1, -0.05) is 35.6 Å². The second kappa shape index (κ2) is 5.96. The summed E-state index contributed by atoms with van der Waals surface area (Å²) < 4.78 is 0.964. The van der Waals surface area contributed by atoms with Gasteiger partial charge in [0, 0.05) is 5.71 Å². The van der Waals surface area contributed by atoms with Gasteiger partial charge in [0.15, 0.2) is 5.13 Å². The Balaban J connectivity index is 0.000000133. The molecule has 0 saturated carbocycles. The predicted octanol–water partition coefficient (Wildman–Crippen LogP) is 3.75. The van der Waals surface area contributed by atoms with Crippen LogP contribution in [0.4, 0.5) is 5.13 Å². The van der Waals surface area contributed by atoms with Gasteiger partial charge in [-0.3, -0.25) is 0 Å². The largest absolute Gasteiger partial charge is 0.375 e. The first kappa shape index (κ1) is 14.2. The van der Waals surface area contributed by atoms with Crippen LogP contribution in [-0.2, 0) is 6.42 Å². The predicted molar refractivity (Wildman–Crippen MR) is 90.3 cm³/mol. The third-order valence-electron chi connectivity index (χ3n) is 3.52. The summed E-state index contributed by atoms with van der Waals surface area (Å²) >= 11 is 1.40. The van der Waals surface area contributed by atoms with E-state index in [-0.39, 0.29) is 0 Å². The Morgan fingerprint density at radius 1 is 1.18 bits per heavy atom. The van der Waals surface area contributed by atoms with E-state index >= 15 is 0 Å². The summed E-state index contributed by atoms with van der Waals surface area (Å²) in [5, 5.41) is 16.7. The number of anilines is 1. The summed E-state index contributed by atoms with van der Waals surface area (Å²) in [5.41, 5.74) is 10.3. The van der Waals surface area contributed by atoms with Crippen molar-refractivity contribution < 1.29 is 0 Å². The Morgan fingerprint density at radius 2 is 2.00 bits per heavy atom. The Labute approximate surface area is 132 Å². The Kier molecular flexibility index (Phi) is 3.86. The van der Waals surface area contributed by atoms with Crippen molar-refractivity contribution in [2.24, 2.45) is 0 Å². The Morgan fingerprint density at radius 3 is 2.77 bits per heavy atom. The lowest BCUT2D eigenvalue weighted by Crippen LogP contribution is -1.89. The molecular formula is C17H14N4S. The van der Waals surface area contributed by atoms with Gasteiger partial charge in [0.25, 0.3) is 0 Å². The number of nitrogens with one attached hydrogen (secondary N) is 1. The molecule has 0 spiro atoms. The number of benzene rings is 2. The van der Waals surface area contributed by atoms with Gasteiger partial charge in [-0.15, -0.1) is 0 Å². The van der Waals surface area contributed by atoms with E-state index < -0.39 is 0 Å². The molecule has 3 N–H and O–H groups in total. The molecule has 4 rings (SSSR count). The molecule has 0 radical (unpaired) electrons. The summed E-state index contributed by atoms with van der Waals surface area (Å²) in [6.45, 7) is 0. The number of fused-ring (bicyclic) bond motifs is 2. The number of aromatic nitrogens is 1. The van der Waals surface area contributed by atoms with Crippen molar-refractivity contribution in [1.82, 2.24) is 4.98 Å². The van der Waals surface area contributed by atoms with Gasteiger partial charge in [0.2, 0.25) is 0 Å². The third-order valence-corrected chi connectivity index (χ3v) is 4.37. The van der Waals surface area contributed by atoms with E-state index in [0.717, 1.165) is 34.3 Å². The maximum absolute atomic E-state index is 8.61. The fraction of sp³-hybridized carbons (Fsp3) is 0.118. The number of nitrogens with two attached hydrogens (primary N) is 1.